The fourth-order valence-electron chi connectivity index (χ4n) is 2.98. The zero-order valence-electron chi connectivity index (χ0n) is 16.6. The van der Waals surface area contributed by atoms with Crippen molar-refractivity contribution in [2.75, 3.05) is 38.1 Å². The third-order valence-electron chi connectivity index (χ3n) is 4.84. The Balaban J connectivity index is 1.44. The average molecular weight is 431 g/mol. The lowest BCUT2D eigenvalue weighted by Crippen LogP contribution is -2.52. The Kier molecular flexibility index (Phi) is 6.79. The second-order valence-corrected chi connectivity index (χ2v) is 7.35. The van der Waals surface area contributed by atoms with Crippen LogP contribution in [0.5, 0.6) is 5.75 Å². The molecule has 158 valence electrons. The van der Waals surface area contributed by atoms with Crippen molar-refractivity contribution in [2.45, 2.75) is 6.92 Å². The molecule has 30 heavy (non-hydrogen) atoms. The lowest BCUT2D eigenvalue weighted by atomic mass is 10.2. The van der Waals surface area contributed by atoms with Crippen LogP contribution in [0.15, 0.2) is 42.5 Å². The molecule has 0 atom stereocenters. The van der Waals surface area contributed by atoms with E-state index in [0.717, 1.165) is 5.56 Å². The number of nitrogens with one attached hydrogen (secondary N) is 1. The summed E-state index contributed by atoms with van der Waals surface area (Å²) in [6, 6.07) is 11.4. The maximum atomic E-state index is 12.4. The van der Waals surface area contributed by atoms with Gasteiger partial charge in [0.05, 0.1) is 0 Å². The van der Waals surface area contributed by atoms with E-state index in [4.69, 9.17) is 22.1 Å². The number of carbonyl (C=O) groups excluding carboxylic acids is 3. The summed E-state index contributed by atoms with van der Waals surface area (Å²) in [6.07, 6.45) is 0. The molecule has 4 amide bonds. The van der Waals surface area contributed by atoms with Crippen molar-refractivity contribution in [2.24, 2.45) is 5.73 Å². The molecule has 1 fully saturated rings. The first-order valence-electron chi connectivity index (χ1n) is 9.46. The van der Waals surface area contributed by atoms with Crippen molar-refractivity contribution < 1.29 is 19.1 Å². The van der Waals surface area contributed by atoms with Crippen molar-refractivity contribution >= 4 is 35.1 Å². The molecule has 1 saturated heterocycles. The molecule has 1 aliphatic rings. The molecule has 0 saturated carbocycles. The second-order valence-electron chi connectivity index (χ2n) is 6.94. The van der Waals surface area contributed by atoms with Crippen LogP contribution in [0.2, 0.25) is 5.02 Å². The van der Waals surface area contributed by atoms with E-state index in [2.05, 4.69) is 5.32 Å². The highest BCUT2D eigenvalue weighted by Gasteiger charge is 2.24. The summed E-state index contributed by atoms with van der Waals surface area (Å²) in [6.45, 7) is 3.46. The van der Waals surface area contributed by atoms with E-state index in [0.29, 0.717) is 48.2 Å². The Morgan fingerprint density at radius 1 is 1.03 bits per heavy atom. The van der Waals surface area contributed by atoms with E-state index in [1.165, 1.54) is 0 Å². The number of urea groups is 1. The van der Waals surface area contributed by atoms with Gasteiger partial charge in [-0.15, -0.1) is 0 Å². The molecule has 0 spiro atoms. The molecule has 3 N–H and O–H groups in total. The molecule has 0 radical (unpaired) electrons. The van der Waals surface area contributed by atoms with Gasteiger partial charge >= 0.3 is 6.03 Å². The number of piperazine rings is 1. The molecule has 1 aliphatic heterocycles. The van der Waals surface area contributed by atoms with Crippen LogP contribution < -0.4 is 15.8 Å². The van der Waals surface area contributed by atoms with E-state index in [-0.39, 0.29) is 18.5 Å². The van der Waals surface area contributed by atoms with Crippen molar-refractivity contribution in [3.63, 3.8) is 0 Å². The predicted molar refractivity (Wildman–Crippen MR) is 114 cm³/mol. The van der Waals surface area contributed by atoms with Gasteiger partial charge in [0.15, 0.2) is 6.61 Å². The number of ether oxygens (including phenoxy) is 1. The fraction of sp³-hybridized carbons (Fsp3) is 0.286. The minimum atomic E-state index is -0.523. The van der Waals surface area contributed by atoms with Gasteiger partial charge in [0.2, 0.25) is 5.91 Å². The number of hydrogen-bond donors (Lipinski definition) is 2. The van der Waals surface area contributed by atoms with E-state index < -0.39 is 5.91 Å². The van der Waals surface area contributed by atoms with Crippen LogP contribution in [0.25, 0.3) is 0 Å². The maximum Gasteiger partial charge on any atom is 0.321 e. The molecular formula is C21H23ClN4O4. The number of nitrogens with zero attached hydrogens (tertiary/aromatic N) is 2. The molecule has 8 nitrogen and oxygen atoms in total. The number of nitrogens with two attached hydrogens (primary N) is 1. The predicted octanol–water partition coefficient (Wildman–Crippen LogP) is 2.50. The topological polar surface area (TPSA) is 105 Å². The van der Waals surface area contributed by atoms with E-state index >= 15 is 0 Å². The van der Waals surface area contributed by atoms with Gasteiger partial charge < -0.3 is 25.6 Å². The van der Waals surface area contributed by atoms with Gasteiger partial charge in [0, 0.05) is 42.5 Å². The lowest BCUT2D eigenvalue weighted by molar-refractivity contribution is -0.134. The number of amides is 4. The van der Waals surface area contributed by atoms with E-state index in [1.54, 1.807) is 46.2 Å². The highest BCUT2D eigenvalue weighted by molar-refractivity contribution is 6.31. The number of primary amides is 1. The number of aryl methyl sites for hydroxylation is 1. The molecule has 0 aromatic heterocycles. The summed E-state index contributed by atoms with van der Waals surface area (Å²) in [5.41, 5.74) is 7.13. The van der Waals surface area contributed by atoms with Gasteiger partial charge in [0.1, 0.15) is 5.75 Å². The van der Waals surface area contributed by atoms with Crippen molar-refractivity contribution in [1.82, 2.24) is 9.80 Å². The van der Waals surface area contributed by atoms with Gasteiger partial charge in [-0.3, -0.25) is 9.59 Å². The molecule has 0 aliphatic carbocycles. The molecule has 9 heteroatoms. The minimum absolute atomic E-state index is 0.121. The third kappa shape index (κ3) is 5.42. The monoisotopic (exact) mass is 430 g/mol. The molecule has 0 bridgehead atoms. The van der Waals surface area contributed by atoms with Crippen LogP contribution in [0.3, 0.4) is 0 Å². The summed E-state index contributed by atoms with van der Waals surface area (Å²) in [4.78, 5) is 39.2. The lowest BCUT2D eigenvalue weighted by Gasteiger charge is -2.34. The van der Waals surface area contributed by atoms with Crippen LogP contribution in [-0.2, 0) is 4.79 Å². The van der Waals surface area contributed by atoms with Crippen LogP contribution in [0.1, 0.15) is 15.9 Å². The minimum Gasteiger partial charge on any atom is -0.484 e. The number of hydrogen-bond acceptors (Lipinski definition) is 4. The summed E-state index contributed by atoms with van der Waals surface area (Å²) in [5.74, 6) is -0.215. The highest BCUT2D eigenvalue weighted by Crippen LogP contribution is 2.20. The zero-order valence-corrected chi connectivity index (χ0v) is 17.3. The number of halogens is 1. The van der Waals surface area contributed by atoms with E-state index in [1.807, 2.05) is 13.0 Å². The van der Waals surface area contributed by atoms with Gasteiger partial charge in [-0.1, -0.05) is 17.7 Å². The normalized spacial score (nSPS) is 13.7. The number of anilines is 1. The summed E-state index contributed by atoms with van der Waals surface area (Å²) in [7, 11) is 0. The Hall–Kier alpha value is -3.26. The molecule has 2 aromatic carbocycles. The standard InChI is InChI=1S/C21H23ClN4O4/c1-14-2-5-16(12-18(14)22)24-21(29)26-10-8-25(9-11-26)19(27)13-30-17-6-3-15(4-7-17)20(23)28/h2-7,12H,8-11,13H2,1H3,(H2,23,28)(H,24,29). The largest absolute Gasteiger partial charge is 0.484 e. The van der Waals surface area contributed by atoms with Gasteiger partial charge in [0.25, 0.3) is 5.91 Å². The summed E-state index contributed by atoms with van der Waals surface area (Å²) in [5, 5.41) is 3.41. The average Bonchev–Trinajstić information content (AvgIpc) is 2.75. The summed E-state index contributed by atoms with van der Waals surface area (Å²) < 4.78 is 5.48. The summed E-state index contributed by atoms with van der Waals surface area (Å²) >= 11 is 6.09. The second kappa shape index (κ2) is 9.49. The number of carbonyl (C=O) groups is 3. The van der Waals surface area contributed by atoms with Crippen LogP contribution >= 0.6 is 11.6 Å². The molecule has 3 rings (SSSR count). The van der Waals surface area contributed by atoms with Crippen molar-refractivity contribution in [3.8, 4) is 5.75 Å². The molecule has 1 heterocycles. The Morgan fingerprint density at radius 2 is 1.67 bits per heavy atom. The first kappa shape index (κ1) is 21.4. The molecule has 0 unspecified atom stereocenters. The first-order valence-corrected chi connectivity index (χ1v) is 9.84. The Morgan fingerprint density at radius 3 is 2.27 bits per heavy atom. The fourth-order valence-corrected chi connectivity index (χ4v) is 3.16. The SMILES string of the molecule is Cc1ccc(NC(=O)N2CCN(C(=O)COc3ccc(C(N)=O)cc3)CC2)cc1Cl. The maximum absolute atomic E-state index is 12.4. The molecular weight excluding hydrogens is 408 g/mol. The number of rotatable bonds is 5. The molecule has 2 aromatic rings. The first-order chi connectivity index (χ1) is 14.3. The van der Waals surface area contributed by atoms with Crippen LogP contribution in [0, 0.1) is 6.92 Å². The van der Waals surface area contributed by atoms with Crippen LogP contribution in [-0.4, -0.2) is 60.4 Å². The Labute approximate surface area is 179 Å². The van der Waals surface area contributed by atoms with Crippen LogP contribution in [0.4, 0.5) is 10.5 Å². The van der Waals surface area contributed by atoms with Crippen molar-refractivity contribution in [1.29, 1.82) is 0 Å². The third-order valence-corrected chi connectivity index (χ3v) is 5.25. The van der Waals surface area contributed by atoms with E-state index in [9.17, 15) is 14.4 Å². The number of benzene rings is 2. The van der Waals surface area contributed by atoms with Gasteiger partial charge in [-0.25, -0.2) is 4.79 Å². The van der Waals surface area contributed by atoms with Gasteiger partial charge in [-0.2, -0.15) is 0 Å². The highest BCUT2D eigenvalue weighted by atomic mass is 35.5. The zero-order chi connectivity index (χ0) is 21.7. The quantitative estimate of drug-likeness (QED) is 0.760. The van der Waals surface area contributed by atoms with Gasteiger partial charge in [-0.05, 0) is 48.9 Å². The van der Waals surface area contributed by atoms with Crippen molar-refractivity contribution in [3.05, 3.63) is 58.6 Å². The smallest absolute Gasteiger partial charge is 0.321 e. The Bertz CT molecular complexity index is 941.